The largest absolute Gasteiger partial charge is 0.344 e. The van der Waals surface area contributed by atoms with E-state index in [1.54, 1.807) is 16.2 Å². The minimum atomic E-state index is 0. The Hall–Kier alpha value is -1.43. The summed E-state index contributed by atoms with van der Waals surface area (Å²) in [5.74, 6) is 0.105. The number of aromatic nitrogens is 1. The van der Waals surface area contributed by atoms with Crippen LogP contribution in [0.2, 0.25) is 0 Å². The lowest BCUT2D eigenvalue weighted by Gasteiger charge is -2.16. The summed E-state index contributed by atoms with van der Waals surface area (Å²) in [7, 11) is 3.71. The average molecular weight is 354 g/mol. The Morgan fingerprint density at radius 3 is 2.61 bits per heavy atom. The Kier molecular flexibility index (Phi) is 8.23. The molecule has 0 unspecified atom stereocenters. The molecule has 4 nitrogen and oxygen atoms in total. The molecule has 2 rings (SSSR count). The van der Waals surface area contributed by atoms with Gasteiger partial charge in [0.05, 0.1) is 12.1 Å². The van der Waals surface area contributed by atoms with E-state index < -0.39 is 0 Å². The first-order valence-electron chi connectivity index (χ1n) is 7.56. The van der Waals surface area contributed by atoms with Gasteiger partial charge in [-0.05, 0) is 19.0 Å². The number of nitrogens with one attached hydrogen (secondary N) is 1. The third-order valence-corrected chi connectivity index (χ3v) is 4.56. The van der Waals surface area contributed by atoms with Crippen molar-refractivity contribution in [2.45, 2.75) is 19.8 Å². The van der Waals surface area contributed by atoms with Gasteiger partial charge in [-0.25, -0.2) is 4.98 Å². The third kappa shape index (κ3) is 5.61. The number of nitrogens with zero attached hydrogens (tertiary/aromatic N) is 2. The molecule has 1 N–H and O–H groups in total. The maximum Gasteiger partial charge on any atom is 0.228 e. The lowest BCUT2D eigenvalue weighted by molar-refractivity contribution is -0.129. The second kappa shape index (κ2) is 9.65. The van der Waals surface area contributed by atoms with Crippen molar-refractivity contribution in [3.05, 3.63) is 40.9 Å². The van der Waals surface area contributed by atoms with E-state index in [9.17, 15) is 4.79 Å². The summed E-state index contributed by atoms with van der Waals surface area (Å²) in [6, 6.07) is 8.46. The highest BCUT2D eigenvalue weighted by Gasteiger charge is 2.12. The van der Waals surface area contributed by atoms with Crippen molar-refractivity contribution >= 4 is 29.7 Å². The molecule has 0 aliphatic carbocycles. The monoisotopic (exact) mass is 353 g/mol. The van der Waals surface area contributed by atoms with Crippen LogP contribution < -0.4 is 5.32 Å². The molecule has 0 saturated carbocycles. The van der Waals surface area contributed by atoms with Gasteiger partial charge in [0, 0.05) is 31.1 Å². The van der Waals surface area contributed by atoms with Crippen molar-refractivity contribution in [1.82, 2.24) is 15.2 Å². The highest BCUT2D eigenvalue weighted by Crippen LogP contribution is 2.24. The van der Waals surface area contributed by atoms with Crippen molar-refractivity contribution in [2.24, 2.45) is 0 Å². The number of aryl methyl sites for hydroxylation is 1. The molecule has 1 amide bonds. The van der Waals surface area contributed by atoms with E-state index in [4.69, 9.17) is 0 Å². The Labute approximate surface area is 148 Å². The molecule has 1 aromatic heterocycles. The van der Waals surface area contributed by atoms with Gasteiger partial charge in [0.1, 0.15) is 5.01 Å². The van der Waals surface area contributed by atoms with Crippen LogP contribution in [0, 0.1) is 0 Å². The summed E-state index contributed by atoms with van der Waals surface area (Å²) < 4.78 is 0. The van der Waals surface area contributed by atoms with Crippen LogP contribution in [0.25, 0.3) is 10.6 Å². The minimum absolute atomic E-state index is 0. The van der Waals surface area contributed by atoms with Crippen LogP contribution in [0.3, 0.4) is 0 Å². The molecule has 0 spiro atoms. The number of halogens is 1. The zero-order valence-electron chi connectivity index (χ0n) is 13.8. The molecule has 0 atom stereocenters. The molecule has 6 heteroatoms. The van der Waals surface area contributed by atoms with E-state index in [-0.39, 0.29) is 18.3 Å². The molecule has 0 radical (unpaired) electrons. The van der Waals surface area contributed by atoms with Gasteiger partial charge >= 0.3 is 0 Å². The summed E-state index contributed by atoms with van der Waals surface area (Å²) in [4.78, 5) is 18.4. The SMILES string of the molecule is CCc1ccc(-c2nc(CC(=O)N(C)CCNC)cs2)cc1.Cl. The number of hydrogen-bond acceptors (Lipinski definition) is 4. The van der Waals surface area contributed by atoms with Crippen LogP contribution in [0.4, 0.5) is 0 Å². The molecule has 1 aromatic carbocycles. The molecule has 0 aliphatic heterocycles. The van der Waals surface area contributed by atoms with E-state index in [1.165, 1.54) is 5.56 Å². The molecule has 23 heavy (non-hydrogen) atoms. The minimum Gasteiger partial charge on any atom is -0.344 e. The molecule has 2 aromatic rings. The fraction of sp³-hybridized carbons (Fsp3) is 0.412. The van der Waals surface area contributed by atoms with Crippen LogP contribution in [-0.2, 0) is 17.6 Å². The summed E-state index contributed by atoms with van der Waals surface area (Å²) in [6.45, 7) is 3.66. The smallest absolute Gasteiger partial charge is 0.228 e. The van der Waals surface area contributed by atoms with Gasteiger partial charge in [0.15, 0.2) is 0 Å². The predicted molar refractivity (Wildman–Crippen MR) is 99.4 cm³/mol. The van der Waals surface area contributed by atoms with E-state index in [0.717, 1.165) is 29.2 Å². The van der Waals surface area contributed by atoms with Crippen molar-refractivity contribution in [1.29, 1.82) is 0 Å². The number of rotatable bonds is 7. The van der Waals surface area contributed by atoms with Gasteiger partial charge in [-0.3, -0.25) is 4.79 Å². The Morgan fingerprint density at radius 2 is 2.00 bits per heavy atom. The van der Waals surface area contributed by atoms with Crippen LogP contribution >= 0.6 is 23.7 Å². The van der Waals surface area contributed by atoms with Gasteiger partial charge in [0.25, 0.3) is 0 Å². The molecule has 1 heterocycles. The molecular weight excluding hydrogens is 330 g/mol. The highest BCUT2D eigenvalue weighted by atomic mass is 35.5. The molecule has 0 bridgehead atoms. The number of likely N-dealkylation sites (N-methyl/N-ethyl adjacent to an activating group) is 2. The van der Waals surface area contributed by atoms with Crippen LogP contribution in [0.5, 0.6) is 0 Å². The van der Waals surface area contributed by atoms with Gasteiger partial charge < -0.3 is 10.2 Å². The zero-order chi connectivity index (χ0) is 15.9. The second-order valence-electron chi connectivity index (χ2n) is 5.29. The summed E-state index contributed by atoms with van der Waals surface area (Å²) in [6.07, 6.45) is 1.40. The number of carbonyl (C=O) groups is 1. The quantitative estimate of drug-likeness (QED) is 0.832. The van der Waals surface area contributed by atoms with Gasteiger partial charge in [-0.15, -0.1) is 23.7 Å². The maximum absolute atomic E-state index is 12.1. The van der Waals surface area contributed by atoms with E-state index in [0.29, 0.717) is 13.0 Å². The standard InChI is InChI=1S/C17H23N3OS.ClH/c1-4-13-5-7-14(8-6-13)17-19-15(12-22-17)11-16(21)20(3)10-9-18-2;/h5-8,12,18H,4,9-11H2,1-3H3;1H. The number of thiazole rings is 1. The van der Waals surface area contributed by atoms with Crippen molar-refractivity contribution in [3.63, 3.8) is 0 Å². The summed E-state index contributed by atoms with van der Waals surface area (Å²) in [5.41, 5.74) is 3.28. The summed E-state index contributed by atoms with van der Waals surface area (Å²) in [5, 5.41) is 6.00. The maximum atomic E-state index is 12.1. The lowest BCUT2D eigenvalue weighted by Crippen LogP contribution is -2.33. The van der Waals surface area contributed by atoms with Gasteiger partial charge in [0.2, 0.25) is 5.91 Å². The highest BCUT2D eigenvalue weighted by molar-refractivity contribution is 7.13. The number of hydrogen-bond donors (Lipinski definition) is 1. The Balaban J connectivity index is 0.00000264. The molecule has 126 valence electrons. The van der Waals surface area contributed by atoms with Gasteiger partial charge in [-0.2, -0.15) is 0 Å². The van der Waals surface area contributed by atoms with E-state index in [2.05, 4.69) is 41.5 Å². The predicted octanol–water partition coefficient (Wildman–Crippen LogP) is 3.01. The first kappa shape index (κ1) is 19.6. The van der Waals surface area contributed by atoms with E-state index in [1.807, 2.05) is 19.5 Å². The number of benzene rings is 1. The third-order valence-electron chi connectivity index (χ3n) is 3.62. The van der Waals surface area contributed by atoms with Crippen molar-refractivity contribution in [2.75, 3.05) is 27.2 Å². The fourth-order valence-corrected chi connectivity index (χ4v) is 2.92. The zero-order valence-corrected chi connectivity index (χ0v) is 15.5. The lowest BCUT2D eigenvalue weighted by atomic mass is 10.1. The van der Waals surface area contributed by atoms with Crippen molar-refractivity contribution < 1.29 is 4.79 Å². The normalized spacial score (nSPS) is 10.2. The average Bonchev–Trinajstić information content (AvgIpc) is 3.01. The molecular formula is C17H24ClN3OS. The van der Waals surface area contributed by atoms with E-state index >= 15 is 0 Å². The van der Waals surface area contributed by atoms with Crippen LogP contribution in [-0.4, -0.2) is 43.0 Å². The first-order chi connectivity index (χ1) is 10.6. The fourth-order valence-electron chi connectivity index (χ4n) is 2.10. The second-order valence-corrected chi connectivity index (χ2v) is 6.15. The first-order valence-corrected chi connectivity index (χ1v) is 8.44. The topological polar surface area (TPSA) is 45.2 Å². The Bertz CT molecular complexity index is 613. The van der Waals surface area contributed by atoms with Gasteiger partial charge in [-0.1, -0.05) is 31.2 Å². The molecule has 0 saturated heterocycles. The number of carbonyl (C=O) groups excluding carboxylic acids is 1. The Morgan fingerprint density at radius 1 is 1.30 bits per heavy atom. The van der Waals surface area contributed by atoms with Crippen LogP contribution in [0.15, 0.2) is 29.6 Å². The molecule has 0 fully saturated rings. The van der Waals surface area contributed by atoms with Crippen LogP contribution in [0.1, 0.15) is 18.2 Å². The van der Waals surface area contributed by atoms with Crippen molar-refractivity contribution in [3.8, 4) is 10.6 Å². The summed E-state index contributed by atoms with van der Waals surface area (Å²) >= 11 is 1.59. The number of amides is 1. The molecule has 0 aliphatic rings.